The molecule has 9 heteroatoms. The molecule has 142 valence electrons. The molecular weight excluding hydrogens is 376 g/mol. The van der Waals surface area contributed by atoms with Crippen molar-refractivity contribution >= 4 is 34.2 Å². The van der Waals surface area contributed by atoms with E-state index in [4.69, 9.17) is 0 Å². The number of hydrogen-bond acceptors (Lipinski definition) is 4. The molecule has 27 heavy (non-hydrogen) atoms. The Morgan fingerprint density at radius 3 is 2.33 bits per heavy atom. The van der Waals surface area contributed by atoms with Crippen LogP contribution in [0.3, 0.4) is 0 Å². The number of anilines is 1. The van der Waals surface area contributed by atoms with Gasteiger partial charge >= 0.3 is 6.03 Å². The monoisotopic (exact) mass is 393 g/mol. The lowest BCUT2D eigenvalue weighted by Crippen LogP contribution is -2.39. The number of hydrogen-bond donors (Lipinski definition) is 2. The minimum atomic E-state index is -0.995. The number of amides is 4. The first-order chi connectivity index (χ1) is 12.8. The molecule has 1 aromatic carbocycles. The Morgan fingerprint density at radius 1 is 1.04 bits per heavy atom. The van der Waals surface area contributed by atoms with Crippen molar-refractivity contribution in [3.63, 3.8) is 0 Å². The molecule has 0 fully saturated rings. The van der Waals surface area contributed by atoms with Gasteiger partial charge in [-0.25, -0.2) is 13.6 Å². The highest BCUT2D eigenvalue weighted by atomic mass is 32.1. The number of carbonyl (C=O) groups is 3. The molecule has 0 aliphatic heterocycles. The summed E-state index contributed by atoms with van der Waals surface area (Å²) >= 11 is 1.18. The molecule has 0 radical (unpaired) electrons. The number of halogens is 2. The number of rotatable bonds is 3. The van der Waals surface area contributed by atoms with Gasteiger partial charge < -0.3 is 10.2 Å². The minimum absolute atomic E-state index is 0.174. The van der Waals surface area contributed by atoms with Crippen LogP contribution >= 0.6 is 11.3 Å². The largest absolute Gasteiger partial charge is 0.331 e. The van der Waals surface area contributed by atoms with Gasteiger partial charge in [0.1, 0.15) is 22.2 Å². The van der Waals surface area contributed by atoms with Crippen molar-refractivity contribution in [2.24, 2.45) is 0 Å². The lowest BCUT2D eigenvalue weighted by Gasteiger charge is -2.13. The van der Waals surface area contributed by atoms with Crippen molar-refractivity contribution in [2.75, 3.05) is 19.4 Å². The van der Waals surface area contributed by atoms with E-state index >= 15 is 0 Å². The fourth-order valence-corrected chi connectivity index (χ4v) is 4.17. The molecule has 1 aliphatic rings. The second kappa shape index (κ2) is 7.43. The van der Waals surface area contributed by atoms with Crippen molar-refractivity contribution in [1.82, 2.24) is 10.2 Å². The second-order valence-corrected chi connectivity index (χ2v) is 7.37. The third-order valence-corrected chi connectivity index (χ3v) is 5.40. The van der Waals surface area contributed by atoms with E-state index in [1.165, 1.54) is 30.3 Å². The maximum Gasteiger partial charge on any atom is 0.323 e. The minimum Gasteiger partial charge on any atom is -0.331 e. The summed E-state index contributed by atoms with van der Waals surface area (Å²) in [5.41, 5.74) is 0.211. The van der Waals surface area contributed by atoms with E-state index in [9.17, 15) is 23.2 Å². The highest BCUT2D eigenvalue weighted by Crippen LogP contribution is 2.39. The van der Waals surface area contributed by atoms with Crippen LogP contribution in [0.1, 0.15) is 37.6 Å². The van der Waals surface area contributed by atoms with Gasteiger partial charge in [0.15, 0.2) is 0 Å². The molecule has 0 bridgehead atoms. The number of carbonyl (C=O) groups excluding carboxylic acids is 3. The van der Waals surface area contributed by atoms with Gasteiger partial charge in [0.25, 0.3) is 11.8 Å². The van der Waals surface area contributed by atoms with Gasteiger partial charge in [-0.15, -0.1) is 11.3 Å². The van der Waals surface area contributed by atoms with Crippen molar-refractivity contribution in [1.29, 1.82) is 0 Å². The summed E-state index contributed by atoms with van der Waals surface area (Å²) in [7, 11) is 2.98. The third-order valence-electron chi connectivity index (χ3n) is 4.19. The SMILES string of the molecule is CN(C)C(=O)NC(=O)c1c(NC(=O)c2c(F)cccc2F)sc2c1CCC2. The molecule has 2 aromatic rings. The van der Waals surface area contributed by atoms with Crippen LogP contribution in [-0.2, 0) is 12.8 Å². The maximum absolute atomic E-state index is 13.9. The lowest BCUT2D eigenvalue weighted by atomic mass is 10.1. The molecule has 1 aliphatic carbocycles. The van der Waals surface area contributed by atoms with Crippen molar-refractivity contribution in [2.45, 2.75) is 19.3 Å². The Hall–Kier alpha value is -2.81. The number of fused-ring (bicyclic) bond motifs is 1. The molecule has 0 atom stereocenters. The summed E-state index contributed by atoms with van der Waals surface area (Å²) in [6.07, 6.45) is 2.24. The Kier molecular flexibility index (Phi) is 5.22. The fourth-order valence-electron chi connectivity index (χ4n) is 2.88. The molecule has 6 nitrogen and oxygen atoms in total. The summed E-state index contributed by atoms with van der Waals surface area (Å²) in [4.78, 5) is 38.9. The summed E-state index contributed by atoms with van der Waals surface area (Å²) in [6.45, 7) is 0. The predicted molar refractivity (Wildman–Crippen MR) is 97.2 cm³/mol. The number of nitrogens with one attached hydrogen (secondary N) is 2. The van der Waals surface area contributed by atoms with Crippen LogP contribution in [0.5, 0.6) is 0 Å². The van der Waals surface area contributed by atoms with Gasteiger partial charge in [-0.3, -0.25) is 14.9 Å². The number of thiophene rings is 1. The molecule has 2 N–H and O–H groups in total. The van der Waals surface area contributed by atoms with E-state index < -0.39 is 35.0 Å². The fraction of sp³-hybridized carbons (Fsp3) is 0.278. The van der Waals surface area contributed by atoms with Gasteiger partial charge in [0, 0.05) is 19.0 Å². The average Bonchev–Trinajstić information content (AvgIpc) is 3.14. The first-order valence-corrected chi connectivity index (χ1v) is 9.03. The standard InChI is InChI=1S/C18H17F2N3O3S/c1-23(2)18(26)22-15(24)13-9-5-3-8-12(9)27-17(13)21-16(25)14-10(19)6-4-7-11(14)20/h4,6-7H,3,5,8H2,1-2H3,(H,21,25)(H,22,24,26). The zero-order valence-corrected chi connectivity index (χ0v) is 15.5. The smallest absolute Gasteiger partial charge is 0.323 e. The molecule has 1 heterocycles. The first-order valence-electron chi connectivity index (χ1n) is 8.22. The zero-order chi connectivity index (χ0) is 19.7. The summed E-state index contributed by atoms with van der Waals surface area (Å²) < 4.78 is 27.7. The van der Waals surface area contributed by atoms with Crippen LogP contribution in [0.25, 0.3) is 0 Å². The van der Waals surface area contributed by atoms with Gasteiger partial charge in [0.05, 0.1) is 5.56 Å². The van der Waals surface area contributed by atoms with E-state index in [-0.39, 0.29) is 10.6 Å². The van der Waals surface area contributed by atoms with Crippen LogP contribution in [0, 0.1) is 11.6 Å². The number of urea groups is 1. The average molecular weight is 393 g/mol. The third kappa shape index (κ3) is 3.68. The first kappa shape index (κ1) is 19.0. The van der Waals surface area contributed by atoms with Crippen LogP contribution < -0.4 is 10.6 Å². The topological polar surface area (TPSA) is 78.5 Å². The molecule has 0 spiro atoms. The Labute approximate surface area is 158 Å². The molecule has 0 saturated heterocycles. The highest BCUT2D eigenvalue weighted by Gasteiger charge is 2.29. The molecule has 1 aromatic heterocycles. The van der Waals surface area contributed by atoms with Gasteiger partial charge in [-0.1, -0.05) is 6.07 Å². The van der Waals surface area contributed by atoms with E-state index in [2.05, 4.69) is 10.6 Å². The molecule has 4 amide bonds. The van der Waals surface area contributed by atoms with Gasteiger partial charge in [-0.2, -0.15) is 0 Å². The molecule has 3 rings (SSSR count). The zero-order valence-electron chi connectivity index (χ0n) is 14.7. The molecule has 0 saturated carbocycles. The van der Waals surface area contributed by atoms with E-state index in [0.717, 1.165) is 41.5 Å². The van der Waals surface area contributed by atoms with Crippen molar-refractivity contribution in [3.8, 4) is 0 Å². The van der Waals surface area contributed by atoms with Crippen LogP contribution in [-0.4, -0.2) is 36.8 Å². The highest BCUT2D eigenvalue weighted by molar-refractivity contribution is 7.17. The second-order valence-electron chi connectivity index (χ2n) is 6.27. The summed E-state index contributed by atoms with van der Waals surface area (Å²) in [6, 6.07) is 2.52. The molecule has 0 unspecified atom stereocenters. The molecular formula is C18H17F2N3O3S. The van der Waals surface area contributed by atoms with Crippen LogP contribution in [0.4, 0.5) is 18.6 Å². The van der Waals surface area contributed by atoms with Crippen molar-refractivity contribution < 1.29 is 23.2 Å². The lowest BCUT2D eigenvalue weighted by molar-refractivity contribution is 0.0957. The number of nitrogens with zero attached hydrogens (tertiary/aromatic N) is 1. The number of benzene rings is 1. The van der Waals surface area contributed by atoms with Crippen LogP contribution in [0.2, 0.25) is 0 Å². The normalized spacial score (nSPS) is 12.4. The summed E-state index contributed by atoms with van der Waals surface area (Å²) in [5, 5.41) is 4.86. The Balaban J connectivity index is 1.93. The van der Waals surface area contributed by atoms with Crippen LogP contribution in [0.15, 0.2) is 18.2 Å². The van der Waals surface area contributed by atoms with E-state index in [1.807, 2.05) is 0 Å². The van der Waals surface area contributed by atoms with E-state index in [1.54, 1.807) is 0 Å². The van der Waals surface area contributed by atoms with E-state index in [0.29, 0.717) is 6.42 Å². The number of imide groups is 1. The van der Waals surface area contributed by atoms with Gasteiger partial charge in [0.2, 0.25) is 0 Å². The summed E-state index contributed by atoms with van der Waals surface area (Å²) in [5.74, 6) is -3.63. The predicted octanol–water partition coefficient (Wildman–Crippen LogP) is 3.18. The number of aryl methyl sites for hydroxylation is 1. The Morgan fingerprint density at radius 2 is 1.70 bits per heavy atom. The van der Waals surface area contributed by atoms with Crippen molar-refractivity contribution in [3.05, 3.63) is 51.4 Å². The quantitative estimate of drug-likeness (QED) is 0.841. The van der Waals surface area contributed by atoms with Gasteiger partial charge in [-0.05, 0) is 37.0 Å². The Bertz CT molecular complexity index is 920. The maximum atomic E-state index is 13.9.